The lowest BCUT2D eigenvalue weighted by atomic mass is 10.0. The lowest BCUT2D eigenvalue weighted by molar-refractivity contribution is 0.182. The molecule has 17 heavy (non-hydrogen) atoms. The zero-order chi connectivity index (χ0) is 12.5. The molecule has 0 saturated carbocycles. The molecular formula is C14H22FNO. The van der Waals surface area contributed by atoms with Crippen molar-refractivity contribution < 1.29 is 9.13 Å². The van der Waals surface area contributed by atoms with E-state index in [-0.39, 0.29) is 5.82 Å². The monoisotopic (exact) mass is 239 g/mol. The Bertz CT molecular complexity index is 309. The fourth-order valence-corrected chi connectivity index (χ4v) is 1.83. The number of halogens is 1. The first-order valence-corrected chi connectivity index (χ1v) is 6.23. The van der Waals surface area contributed by atoms with Crippen molar-refractivity contribution in [2.24, 2.45) is 0 Å². The van der Waals surface area contributed by atoms with E-state index in [4.69, 9.17) is 4.74 Å². The molecule has 0 aliphatic heterocycles. The van der Waals surface area contributed by atoms with Crippen LogP contribution in [0.3, 0.4) is 0 Å². The first-order valence-electron chi connectivity index (χ1n) is 6.23. The van der Waals surface area contributed by atoms with Gasteiger partial charge < -0.3 is 10.1 Å². The van der Waals surface area contributed by atoms with Crippen LogP contribution in [0.5, 0.6) is 0 Å². The third kappa shape index (κ3) is 5.80. The third-order valence-corrected chi connectivity index (χ3v) is 2.72. The largest absolute Gasteiger partial charge is 0.385 e. The normalized spacial score (nSPS) is 12.6. The fraction of sp³-hybridized carbons (Fsp3) is 0.571. The molecule has 0 aliphatic carbocycles. The number of rotatable bonds is 8. The lowest BCUT2D eigenvalue weighted by Crippen LogP contribution is -2.32. The van der Waals surface area contributed by atoms with Crippen molar-refractivity contribution in [3.05, 3.63) is 35.6 Å². The summed E-state index contributed by atoms with van der Waals surface area (Å²) in [6.45, 7) is 3.86. The van der Waals surface area contributed by atoms with E-state index in [0.717, 1.165) is 38.0 Å². The van der Waals surface area contributed by atoms with E-state index in [9.17, 15) is 4.39 Å². The molecule has 1 N–H and O–H groups in total. The maximum absolute atomic E-state index is 13.1. The highest BCUT2D eigenvalue weighted by molar-refractivity contribution is 5.17. The van der Waals surface area contributed by atoms with Crippen LogP contribution in [0.4, 0.5) is 4.39 Å². The van der Waals surface area contributed by atoms with Gasteiger partial charge in [0.25, 0.3) is 0 Å². The third-order valence-electron chi connectivity index (χ3n) is 2.72. The SMILES string of the molecule is CCCNC(CCOC)Cc1cccc(F)c1. The van der Waals surface area contributed by atoms with Gasteiger partial charge in [0.2, 0.25) is 0 Å². The van der Waals surface area contributed by atoms with Crippen LogP contribution < -0.4 is 5.32 Å². The van der Waals surface area contributed by atoms with Gasteiger partial charge in [0, 0.05) is 19.8 Å². The van der Waals surface area contributed by atoms with E-state index in [1.807, 2.05) is 6.07 Å². The average Bonchev–Trinajstić information content (AvgIpc) is 2.32. The molecule has 0 saturated heterocycles. The topological polar surface area (TPSA) is 21.3 Å². The first-order chi connectivity index (χ1) is 8.26. The summed E-state index contributed by atoms with van der Waals surface area (Å²) >= 11 is 0. The second-order valence-corrected chi connectivity index (χ2v) is 4.27. The van der Waals surface area contributed by atoms with Gasteiger partial charge in [-0.1, -0.05) is 19.1 Å². The van der Waals surface area contributed by atoms with E-state index in [1.165, 1.54) is 6.07 Å². The number of hydrogen-bond acceptors (Lipinski definition) is 2. The summed E-state index contributed by atoms with van der Waals surface area (Å²) in [5.74, 6) is -0.163. The van der Waals surface area contributed by atoms with E-state index in [0.29, 0.717) is 6.04 Å². The highest BCUT2D eigenvalue weighted by Crippen LogP contribution is 2.08. The summed E-state index contributed by atoms with van der Waals surface area (Å²) in [5, 5.41) is 3.47. The van der Waals surface area contributed by atoms with Crippen molar-refractivity contribution in [1.82, 2.24) is 5.32 Å². The Hall–Kier alpha value is -0.930. The summed E-state index contributed by atoms with van der Waals surface area (Å²) in [5.41, 5.74) is 1.04. The predicted octanol–water partition coefficient (Wildman–Crippen LogP) is 2.77. The number of methoxy groups -OCH3 is 1. The second-order valence-electron chi connectivity index (χ2n) is 4.27. The molecule has 1 unspecified atom stereocenters. The Kier molecular flexibility index (Phi) is 6.82. The molecule has 1 aromatic rings. The average molecular weight is 239 g/mol. The molecule has 0 heterocycles. The Morgan fingerprint density at radius 3 is 2.88 bits per heavy atom. The molecule has 2 nitrogen and oxygen atoms in total. The van der Waals surface area contributed by atoms with E-state index in [2.05, 4.69) is 12.2 Å². The van der Waals surface area contributed by atoms with Crippen LogP contribution in [-0.2, 0) is 11.2 Å². The van der Waals surface area contributed by atoms with Crippen molar-refractivity contribution in [1.29, 1.82) is 0 Å². The summed E-state index contributed by atoms with van der Waals surface area (Å²) in [6.07, 6.45) is 2.90. The maximum atomic E-state index is 13.1. The van der Waals surface area contributed by atoms with E-state index < -0.39 is 0 Å². The van der Waals surface area contributed by atoms with Crippen LogP contribution in [0.25, 0.3) is 0 Å². The van der Waals surface area contributed by atoms with Crippen LogP contribution in [0.15, 0.2) is 24.3 Å². The van der Waals surface area contributed by atoms with E-state index >= 15 is 0 Å². The van der Waals surface area contributed by atoms with Crippen molar-refractivity contribution in [3.63, 3.8) is 0 Å². The molecule has 0 aliphatic rings. The molecule has 0 aromatic heterocycles. The quantitative estimate of drug-likeness (QED) is 0.753. The van der Waals surface area contributed by atoms with Crippen LogP contribution in [0.2, 0.25) is 0 Å². The second kappa shape index (κ2) is 8.20. The van der Waals surface area contributed by atoms with Gasteiger partial charge in [-0.15, -0.1) is 0 Å². The number of nitrogens with one attached hydrogen (secondary N) is 1. The number of benzene rings is 1. The Balaban J connectivity index is 2.51. The lowest BCUT2D eigenvalue weighted by Gasteiger charge is -2.18. The van der Waals surface area contributed by atoms with Gasteiger partial charge in [0.15, 0.2) is 0 Å². The van der Waals surface area contributed by atoms with Crippen molar-refractivity contribution >= 4 is 0 Å². The highest BCUT2D eigenvalue weighted by Gasteiger charge is 2.08. The molecule has 3 heteroatoms. The summed E-state index contributed by atoms with van der Waals surface area (Å²) in [7, 11) is 1.71. The van der Waals surface area contributed by atoms with Crippen LogP contribution in [-0.4, -0.2) is 26.3 Å². The first kappa shape index (κ1) is 14.1. The minimum absolute atomic E-state index is 0.163. The number of hydrogen-bond donors (Lipinski definition) is 1. The van der Waals surface area contributed by atoms with Gasteiger partial charge in [0.05, 0.1) is 0 Å². The van der Waals surface area contributed by atoms with Crippen LogP contribution >= 0.6 is 0 Å². The van der Waals surface area contributed by atoms with Crippen molar-refractivity contribution in [2.45, 2.75) is 32.2 Å². The molecule has 0 radical (unpaired) electrons. The Morgan fingerprint density at radius 2 is 2.24 bits per heavy atom. The van der Waals surface area contributed by atoms with Gasteiger partial charge in [-0.3, -0.25) is 0 Å². The zero-order valence-corrected chi connectivity index (χ0v) is 10.7. The van der Waals surface area contributed by atoms with Crippen LogP contribution in [0.1, 0.15) is 25.3 Å². The van der Waals surface area contributed by atoms with Gasteiger partial charge in [-0.05, 0) is 43.5 Å². The van der Waals surface area contributed by atoms with Crippen molar-refractivity contribution in [3.8, 4) is 0 Å². The summed E-state index contributed by atoms with van der Waals surface area (Å²) < 4.78 is 18.2. The molecule has 0 bridgehead atoms. The molecule has 1 aromatic carbocycles. The molecule has 0 fully saturated rings. The minimum Gasteiger partial charge on any atom is -0.385 e. The van der Waals surface area contributed by atoms with Crippen LogP contribution in [0, 0.1) is 5.82 Å². The maximum Gasteiger partial charge on any atom is 0.123 e. The van der Waals surface area contributed by atoms with Crippen molar-refractivity contribution in [2.75, 3.05) is 20.3 Å². The Labute approximate surface area is 103 Å². The highest BCUT2D eigenvalue weighted by atomic mass is 19.1. The minimum atomic E-state index is -0.163. The molecular weight excluding hydrogens is 217 g/mol. The molecule has 96 valence electrons. The van der Waals surface area contributed by atoms with Gasteiger partial charge in [-0.25, -0.2) is 4.39 Å². The van der Waals surface area contributed by atoms with Gasteiger partial charge in [0.1, 0.15) is 5.82 Å². The molecule has 1 rings (SSSR count). The summed E-state index contributed by atoms with van der Waals surface area (Å²) in [4.78, 5) is 0. The summed E-state index contributed by atoms with van der Waals surface area (Å²) in [6, 6.07) is 7.17. The zero-order valence-electron chi connectivity index (χ0n) is 10.7. The fourth-order valence-electron chi connectivity index (χ4n) is 1.83. The smallest absolute Gasteiger partial charge is 0.123 e. The van der Waals surface area contributed by atoms with E-state index in [1.54, 1.807) is 19.2 Å². The number of ether oxygens (including phenoxy) is 1. The molecule has 1 atom stereocenters. The predicted molar refractivity (Wildman–Crippen MR) is 68.7 cm³/mol. The molecule has 0 amide bonds. The van der Waals surface area contributed by atoms with Gasteiger partial charge in [-0.2, -0.15) is 0 Å². The standard InChI is InChI=1S/C14H22FNO/c1-3-8-16-14(7-9-17-2)11-12-5-4-6-13(15)10-12/h4-6,10,14,16H,3,7-9,11H2,1-2H3. The molecule has 0 spiro atoms. The Morgan fingerprint density at radius 1 is 1.41 bits per heavy atom. The van der Waals surface area contributed by atoms with Gasteiger partial charge >= 0.3 is 0 Å².